The Hall–Kier alpha value is -4.15. The van der Waals surface area contributed by atoms with Crippen molar-refractivity contribution in [3.63, 3.8) is 0 Å². The van der Waals surface area contributed by atoms with E-state index in [-0.39, 0.29) is 11.4 Å². The lowest BCUT2D eigenvalue weighted by atomic mass is 10.1. The topological polar surface area (TPSA) is 90.6 Å². The number of anilines is 1. The maximum Gasteiger partial charge on any atom is 0.416 e. The Morgan fingerprint density at radius 1 is 1.00 bits per heavy atom. The average Bonchev–Trinajstić information content (AvgIpc) is 3.15. The molecule has 34 heavy (non-hydrogen) atoms. The van der Waals surface area contributed by atoms with Gasteiger partial charge in [-0.3, -0.25) is 4.79 Å². The lowest BCUT2D eigenvalue weighted by molar-refractivity contribution is -0.137. The summed E-state index contributed by atoms with van der Waals surface area (Å²) in [6.07, 6.45) is -4.53. The van der Waals surface area contributed by atoms with Crippen molar-refractivity contribution in [2.75, 3.05) is 19.5 Å². The Balaban J connectivity index is 1.72. The standard InChI is InChI=1S/C23H20F3N5O3/c1-12-19(14-8-9-17(33-3)18(10-14)34-4)21-29-28-20(13(2)31(21)30-12)22(32)27-16-7-5-6-15(11-16)23(24,25)26/h5-11H,1-4H3,(H,27,32). The minimum atomic E-state index is -4.53. The second-order valence-electron chi connectivity index (χ2n) is 7.43. The fourth-order valence-corrected chi connectivity index (χ4v) is 3.61. The van der Waals surface area contributed by atoms with Gasteiger partial charge in [0.25, 0.3) is 5.91 Å². The molecule has 0 bridgehead atoms. The highest BCUT2D eigenvalue weighted by molar-refractivity contribution is 6.03. The summed E-state index contributed by atoms with van der Waals surface area (Å²) in [5.41, 5.74) is 1.95. The van der Waals surface area contributed by atoms with Crippen molar-refractivity contribution in [3.8, 4) is 22.6 Å². The quantitative estimate of drug-likeness (QED) is 0.454. The molecular formula is C23H20F3N5O3. The second kappa shape index (κ2) is 8.65. The van der Waals surface area contributed by atoms with Crippen LogP contribution in [0, 0.1) is 13.8 Å². The van der Waals surface area contributed by atoms with Gasteiger partial charge in [-0.1, -0.05) is 12.1 Å². The molecule has 2 heterocycles. The van der Waals surface area contributed by atoms with E-state index in [2.05, 4.69) is 20.6 Å². The molecule has 1 amide bonds. The van der Waals surface area contributed by atoms with Crippen LogP contribution in [0.4, 0.5) is 18.9 Å². The molecule has 0 aliphatic carbocycles. The summed E-state index contributed by atoms with van der Waals surface area (Å²) in [5, 5.41) is 15.2. The molecule has 0 radical (unpaired) electrons. The first kappa shape index (κ1) is 23.0. The van der Waals surface area contributed by atoms with E-state index in [4.69, 9.17) is 9.47 Å². The van der Waals surface area contributed by atoms with Crippen LogP contribution in [0.5, 0.6) is 11.5 Å². The Kier molecular flexibility index (Phi) is 5.86. The van der Waals surface area contributed by atoms with E-state index < -0.39 is 17.6 Å². The number of halogens is 3. The zero-order chi connectivity index (χ0) is 24.6. The lowest BCUT2D eigenvalue weighted by Crippen LogP contribution is -2.19. The second-order valence-corrected chi connectivity index (χ2v) is 7.43. The van der Waals surface area contributed by atoms with Gasteiger partial charge in [-0.2, -0.15) is 18.3 Å². The van der Waals surface area contributed by atoms with Crippen molar-refractivity contribution < 1.29 is 27.4 Å². The van der Waals surface area contributed by atoms with E-state index in [1.54, 1.807) is 33.1 Å². The molecule has 2 aromatic carbocycles. The molecule has 0 aliphatic rings. The van der Waals surface area contributed by atoms with Gasteiger partial charge >= 0.3 is 6.18 Å². The van der Waals surface area contributed by atoms with Crippen LogP contribution in [0.1, 0.15) is 27.4 Å². The van der Waals surface area contributed by atoms with Crippen LogP contribution in [0.15, 0.2) is 42.5 Å². The first-order valence-electron chi connectivity index (χ1n) is 10.1. The highest BCUT2D eigenvalue weighted by Crippen LogP contribution is 2.35. The molecule has 4 aromatic rings. The molecule has 4 rings (SSSR count). The van der Waals surface area contributed by atoms with E-state index in [1.807, 2.05) is 6.07 Å². The number of carbonyl (C=O) groups is 1. The van der Waals surface area contributed by atoms with Crippen molar-refractivity contribution in [3.05, 3.63) is 65.1 Å². The molecular weight excluding hydrogens is 451 g/mol. The van der Waals surface area contributed by atoms with E-state index in [1.165, 1.54) is 23.8 Å². The maximum atomic E-state index is 13.0. The normalized spacial score (nSPS) is 11.5. The van der Waals surface area contributed by atoms with Crippen LogP contribution in [0.2, 0.25) is 0 Å². The number of aromatic nitrogens is 4. The number of nitrogens with one attached hydrogen (secondary N) is 1. The smallest absolute Gasteiger partial charge is 0.416 e. The van der Waals surface area contributed by atoms with Gasteiger partial charge in [-0.05, 0) is 49.7 Å². The Bertz CT molecular complexity index is 1400. The van der Waals surface area contributed by atoms with E-state index >= 15 is 0 Å². The molecule has 0 spiro atoms. The molecule has 0 aliphatic heterocycles. The molecule has 8 nitrogen and oxygen atoms in total. The minimum absolute atomic E-state index is 0.0104. The molecule has 0 atom stereocenters. The first-order chi connectivity index (χ1) is 16.1. The number of nitrogens with zero attached hydrogens (tertiary/aromatic N) is 4. The van der Waals surface area contributed by atoms with Crippen LogP contribution in [-0.2, 0) is 6.18 Å². The number of amides is 1. The first-order valence-corrected chi connectivity index (χ1v) is 10.1. The SMILES string of the molecule is COc1ccc(-c2c(C)nn3c(C)c(C(=O)Nc4cccc(C(F)(F)F)c4)nnc23)cc1OC. The molecule has 0 saturated heterocycles. The van der Waals surface area contributed by atoms with Crippen LogP contribution in [0.25, 0.3) is 16.8 Å². The van der Waals surface area contributed by atoms with E-state index in [9.17, 15) is 18.0 Å². The minimum Gasteiger partial charge on any atom is -0.493 e. The van der Waals surface area contributed by atoms with Gasteiger partial charge in [-0.15, -0.1) is 10.2 Å². The fourth-order valence-electron chi connectivity index (χ4n) is 3.61. The van der Waals surface area contributed by atoms with Gasteiger partial charge in [0.1, 0.15) is 0 Å². The van der Waals surface area contributed by atoms with Gasteiger partial charge in [0, 0.05) is 5.69 Å². The predicted molar refractivity (Wildman–Crippen MR) is 118 cm³/mol. The van der Waals surface area contributed by atoms with Gasteiger partial charge < -0.3 is 14.8 Å². The third kappa shape index (κ3) is 4.12. The van der Waals surface area contributed by atoms with Gasteiger partial charge in [-0.25, -0.2) is 4.52 Å². The summed E-state index contributed by atoms with van der Waals surface area (Å²) in [7, 11) is 3.07. The van der Waals surface area contributed by atoms with Crippen LogP contribution >= 0.6 is 0 Å². The van der Waals surface area contributed by atoms with Crippen molar-refractivity contribution in [2.24, 2.45) is 0 Å². The van der Waals surface area contributed by atoms with Crippen LogP contribution < -0.4 is 14.8 Å². The Labute approximate surface area is 192 Å². The Morgan fingerprint density at radius 3 is 2.41 bits per heavy atom. The number of methoxy groups -OCH3 is 2. The monoisotopic (exact) mass is 471 g/mol. The van der Waals surface area contributed by atoms with Gasteiger partial charge in [0.2, 0.25) is 0 Å². The van der Waals surface area contributed by atoms with Crippen molar-refractivity contribution in [1.29, 1.82) is 0 Å². The average molecular weight is 471 g/mol. The van der Waals surface area contributed by atoms with Crippen LogP contribution in [0.3, 0.4) is 0 Å². The predicted octanol–water partition coefficient (Wildman–Crippen LogP) is 4.70. The zero-order valence-corrected chi connectivity index (χ0v) is 18.7. The number of ether oxygens (including phenoxy) is 2. The summed E-state index contributed by atoms with van der Waals surface area (Å²) in [4.78, 5) is 12.8. The fraction of sp³-hybridized carbons (Fsp3) is 0.217. The maximum absolute atomic E-state index is 13.0. The summed E-state index contributed by atoms with van der Waals surface area (Å²) in [5.74, 6) is 0.392. The molecule has 176 valence electrons. The summed E-state index contributed by atoms with van der Waals surface area (Å²) in [6, 6.07) is 9.73. The number of carbonyl (C=O) groups excluding carboxylic acids is 1. The van der Waals surface area contributed by atoms with Gasteiger partial charge in [0.05, 0.1) is 36.7 Å². The molecule has 0 saturated carbocycles. The molecule has 11 heteroatoms. The number of rotatable bonds is 5. The largest absolute Gasteiger partial charge is 0.493 e. The summed E-state index contributed by atoms with van der Waals surface area (Å²) in [6.45, 7) is 3.43. The van der Waals surface area contributed by atoms with Crippen LogP contribution in [-0.4, -0.2) is 39.9 Å². The van der Waals surface area contributed by atoms with E-state index in [0.29, 0.717) is 34.1 Å². The molecule has 0 unspecified atom stereocenters. The van der Waals surface area contributed by atoms with Crippen molar-refractivity contribution >= 4 is 17.2 Å². The number of aryl methyl sites for hydroxylation is 2. The molecule has 0 fully saturated rings. The number of hydrogen-bond acceptors (Lipinski definition) is 6. The number of fused-ring (bicyclic) bond motifs is 1. The summed E-state index contributed by atoms with van der Waals surface area (Å²) < 4.78 is 51.1. The van der Waals surface area contributed by atoms with Gasteiger partial charge in [0.15, 0.2) is 22.8 Å². The third-order valence-electron chi connectivity index (χ3n) is 5.28. The number of hydrogen-bond donors (Lipinski definition) is 1. The highest BCUT2D eigenvalue weighted by atomic mass is 19.4. The zero-order valence-electron chi connectivity index (χ0n) is 18.7. The Morgan fingerprint density at radius 2 is 1.74 bits per heavy atom. The number of benzene rings is 2. The molecule has 1 N–H and O–H groups in total. The summed E-state index contributed by atoms with van der Waals surface area (Å²) >= 11 is 0. The van der Waals surface area contributed by atoms with Crippen molar-refractivity contribution in [2.45, 2.75) is 20.0 Å². The highest BCUT2D eigenvalue weighted by Gasteiger charge is 2.30. The van der Waals surface area contributed by atoms with E-state index in [0.717, 1.165) is 17.7 Å². The lowest BCUT2D eigenvalue weighted by Gasteiger charge is -2.11. The van der Waals surface area contributed by atoms with Crippen molar-refractivity contribution in [1.82, 2.24) is 19.8 Å². The number of alkyl halides is 3. The third-order valence-corrected chi connectivity index (χ3v) is 5.28. The molecule has 2 aromatic heterocycles.